The molecule has 4 fully saturated rings. The monoisotopic (exact) mass is 459 g/mol. The van der Waals surface area contributed by atoms with Crippen molar-refractivity contribution in [1.29, 1.82) is 0 Å². The number of ketones is 1. The van der Waals surface area contributed by atoms with Crippen molar-refractivity contribution in [2.24, 2.45) is 46.8 Å². The van der Waals surface area contributed by atoms with Crippen LogP contribution in [0.5, 0.6) is 5.88 Å². The van der Waals surface area contributed by atoms with Crippen molar-refractivity contribution in [2.45, 2.75) is 78.1 Å². The fraction of sp³-hybridized carbons (Fsp3) is 0.677. The molecule has 2 aromatic rings. The van der Waals surface area contributed by atoms with Crippen molar-refractivity contribution in [3.05, 3.63) is 36.4 Å². The van der Waals surface area contributed by atoms with Crippen molar-refractivity contribution in [3.63, 3.8) is 0 Å². The molecule has 4 saturated carbocycles. The standard InChI is InChI=1S/C31H41NO2/c1-20-10-13-23-22(18-20)11-14-25-24(23)16-17-31(2)26(25)7-5-8-27(31)29(33)19-34-30-15-12-21-6-3-4-9-28(21)32-30/h3-4,6,9,12,15,20,22-27H,5,7-8,10-11,13-14,16-19H2,1-2H3/t20-,22+,23-,24?,25+,26-,27+,31-/m0/s1. The number of para-hydroxylation sites is 1. The summed E-state index contributed by atoms with van der Waals surface area (Å²) in [6.45, 7) is 5.10. The molecule has 0 radical (unpaired) electrons. The molecule has 182 valence electrons. The Kier molecular flexibility index (Phi) is 5.94. The smallest absolute Gasteiger partial charge is 0.214 e. The summed E-state index contributed by atoms with van der Waals surface area (Å²) in [6.07, 6.45) is 13.4. The number of hydrogen-bond donors (Lipinski definition) is 0. The maximum Gasteiger partial charge on any atom is 0.214 e. The molecule has 6 rings (SSSR count). The summed E-state index contributed by atoms with van der Waals surface area (Å²) in [4.78, 5) is 18.2. The maximum atomic E-state index is 13.6. The Bertz CT molecular complexity index is 1050. The predicted octanol–water partition coefficient (Wildman–Crippen LogP) is 7.48. The lowest BCUT2D eigenvalue weighted by Crippen LogP contribution is -2.54. The van der Waals surface area contributed by atoms with E-state index in [0.29, 0.717) is 11.7 Å². The summed E-state index contributed by atoms with van der Waals surface area (Å²) in [5, 5.41) is 1.10. The number of carbonyl (C=O) groups excluding carboxylic acids is 1. The topological polar surface area (TPSA) is 39.2 Å². The van der Waals surface area contributed by atoms with Gasteiger partial charge in [-0.15, -0.1) is 0 Å². The molecule has 0 bridgehead atoms. The van der Waals surface area contributed by atoms with Gasteiger partial charge in [0.2, 0.25) is 5.88 Å². The molecule has 0 aliphatic heterocycles. The number of rotatable bonds is 4. The number of ether oxygens (including phenoxy) is 1. The number of benzene rings is 1. The quantitative estimate of drug-likeness (QED) is 0.476. The minimum Gasteiger partial charge on any atom is -0.470 e. The summed E-state index contributed by atoms with van der Waals surface area (Å²) in [7, 11) is 0. The molecule has 8 atom stereocenters. The van der Waals surface area contributed by atoms with Crippen LogP contribution in [0.4, 0.5) is 0 Å². The van der Waals surface area contributed by atoms with Gasteiger partial charge in [0.25, 0.3) is 0 Å². The van der Waals surface area contributed by atoms with E-state index in [4.69, 9.17) is 4.74 Å². The van der Waals surface area contributed by atoms with E-state index in [0.717, 1.165) is 52.8 Å². The van der Waals surface area contributed by atoms with Crippen molar-refractivity contribution < 1.29 is 9.53 Å². The molecule has 34 heavy (non-hydrogen) atoms. The van der Waals surface area contributed by atoms with E-state index in [2.05, 4.69) is 24.9 Å². The number of fused-ring (bicyclic) bond motifs is 6. The average molecular weight is 460 g/mol. The Hall–Kier alpha value is -1.90. The molecule has 0 amide bonds. The van der Waals surface area contributed by atoms with Crippen molar-refractivity contribution in [1.82, 2.24) is 4.98 Å². The highest BCUT2D eigenvalue weighted by atomic mass is 16.5. The SMILES string of the molecule is C[C@H]1CC[C@@H]2C3CC[C@]4(C)[C@@H](C(=O)COc5ccc6ccccc6n5)CCC[C@H]4[C@@H]3CC[C@@H]2C1. The molecule has 0 N–H and O–H groups in total. The van der Waals surface area contributed by atoms with Crippen LogP contribution in [0.15, 0.2) is 36.4 Å². The number of hydrogen-bond acceptors (Lipinski definition) is 3. The van der Waals surface area contributed by atoms with Crippen LogP contribution in [-0.2, 0) is 4.79 Å². The molecular weight excluding hydrogens is 418 g/mol. The highest BCUT2D eigenvalue weighted by Gasteiger charge is 2.56. The molecule has 3 nitrogen and oxygen atoms in total. The van der Waals surface area contributed by atoms with Crippen LogP contribution in [-0.4, -0.2) is 17.4 Å². The molecule has 0 saturated heterocycles. The summed E-state index contributed by atoms with van der Waals surface area (Å²) >= 11 is 0. The summed E-state index contributed by atoms with van der Waals surface area (Å²) < 4.78 is 5.98. The van der Waals surface area contributed by atoms with Crippen LogP contribution in [0.2, 0.25) is 0 Å². The van der Waals surface area contributed by atoms with Gasteiger partial charge >= 0.3 is 0 Å². The first-order chi connectivity index (χ1) is 16.5. The third kappa shape index (κ3) is 3.88. The largest absolute Gasteiger partial charge is 0.470 e. The van der Waals surface area contributed by atoms with Gasteiger partial charge in [0.05, 0.1) is 5.52 Å². The van der Waals surface area contributed by atoms with Crippen molar-refractivity contribution >= 4 is 16.7 Å². The second-order valence-electron chi connectivity index (χ2n) is 12.5. The highest BCUT2D eigenvalue weighted by Crippen LogP contribution is 2.63. The Labute approximate surface area is 205 Å². The molecule has 1 aromatic heterocycles. The van der Waals surface area contributed by atoms with Crippen molar-refractivity contribution in [3.8, 4) is 5.88 Å². The highest BCUT2D eigenvalue weighted by molar-refractivity contribution is 5.83. The minimum atomic E-state index is 0.150. The van der Waals surface area contributed by atoms with Crippen LogP contribution >= 0.6 is 0 Å². The van der Waals surface area contributed by atoms with E-state index in [1.807, 2.05) is 30.3 Å². The van der Waals surface area contributed by atoms with E-state index in [9.17, 15) is 4.79 Å². The molecule has 0 spiro atoms. The Morgan fingerprint density at radius 1 is 0.971 bits per heavy atom. The molecule has 1 unspecified atom stereocenters. The Morgan fingerprint density at radius 3 is 2.74 bits per heavy atom. The lowest BCUT2D eigenvalue weighted by molar-refractivity contribution is -0.146. The number of aromatic nitrogens is 1. The molecule has 4 aliphatic carbocycles. The zero-order valence-corrected chi connectivity index (χ0v) is 21.0. The number of Topliss-reactive ketones (excluding diaryl/α,β-unsaturated/α-hetero) is 1. The molecule has 1 heterocycles. The van der Waals surface area contributed by atoms with Crippen LogP contribution in [0.1, 0.15) is 78.1 Å². The zero-order chi connectivity index (χ0) is 23.3. The summed E-state index contributed by atoms with van der Waals surface area (Å²) in [5.74, 6) is 6.42. The van der Waals surface area contributed by atoms with Crippen LogP contribution in [0.25, 0.3) is 10.9 Å². The third-order valence-corrected chi connectivity index (χ3v) is 10.8. The lowest BCUT2D eigenvalue weighted by atomic mass is 9.44. The third-order valence-electron chi connectivity index (χ3n) is 10.8. The van der Waals surface area contributed by atoms with Gasteiger partial charge in [-0.3, -0.25) is 4.79 Å². The van der Waals surface area contributed by atoms with Gasteiger partial charge in [-0.2, -0.15) is 0 Å². The van der Waals surface area contributed by atoms with Crippen LogP contribution < -0.4 is 4.74 Å². The number of carbonyl (C=O) groups is 1. The second-order valence-corrected chi connectivity index (χ2v) is 12.5. The second kappa shape index (κ2) is 8.95. The van der Waals surface area contributed by atoms with Gasteiger partial charge in [-0.1, -0.05) is 44.9 Å². The number of pyridine rings is 1. The van der Waals surface area contributed by atoms with Gasteiger partial charge in [0, 0.05) is 17.4 Å². The normalized spacial score (nSPS) is 39.5. The Balaban J connectivity index is 1.15. The summed E-state index contributed by atoms with van der Waals surface area (Å²) in [5.41, 5.74) is 1.08. The minimum absolute atomic E-state index is 0.150. The first-order valence-corrected chi connectivity index (χ1v) is 14.0. The molecule has 1 aromatic carbocycles. The molecule has 3 heteroatoms. The van der Waals surface area contributed by atoms with Gasteiger partial charge in [0.1, 0.15) is 6.61 Å². The van der Waals surface area contributed by atoms with E-state index in [1.165, 1.54) is 57.8 Å². The summed E-state index contributed by atoms with van der Waals surface area (Å²) in [6, 6.07) is 12.0. The van der Waals surface area contributed by atoms with Crippen LogP contribution in [0.3, 0.4) is 0 Å². The first kappa shape index (κ1) is 22.6. The zero-order valence-electron chi connectivity index (χ0n) is 21.0. The average Bonchev–Trinajstić information content (AvgIpc) is 2.86. The fourth-order valence-corrected chi connectivity index (χ4v) is 9.19. The van der Waals surface area contributed by atoms with Gasteiger partial charge in [-0.25, -0.2) is 4.98 Å². The maximum absolute atomic E-state index is 13.6. The van der Waals surface area contributed by atoms with E-state index in [-0.39, 0.29) is 17.9 Å². The lowest BCUT2D eigenvalue weighted by Gasteiger charge is -2.60. The van der Waals surface area contributed by atoms with Crippen molar-refractivity contribution in [2.75, 3.05) is 6.61 Å². The molecular formula is C31H41NO2. The van der Waals surface area contributed by atoms with E-state index >= 15 is 0 Å². The fourth-order valence-electron chi connectivity index (χ4n) is 9.19. The van der Waals surface area contributed by atoms with Crippen LogP contribution in [0, 0.1) is 46.8 Å². The first-order valence-electron chi connectivity index (χ1n) is 14.0. The number of nitrogens with zero attached hydrogens (tertiary/aromatic N) is 1. The molecule has 4 aliphatic rings. The predicted molar refractivity (Wildman–Crippen MR) is 137 cm³/mol. The van der Waals surface area contributed by atoms with Gasteiger partial charge in [-0.05, 0) is 104 Å². The van der Waals surface area contributed by atoms with Gasteiger partial charge < -0.3 is 4.74 Å². The van der Waals surface area contributed by atoms with E-state index in [1.54, 1.807) is 0 Å². The van der Waals surface area contributed by atoms with Gasteiger partial charge in [0.15, 0.2) is 5.78 Å². The Morgan fingerprint density at radius 2 is 1.82 bits per heavy atom. The van der Waals surface area contributed by atoms with E-state index < -0.39 is 0 Å².